The first-order valence-corrected chi connectivity index (χ1v) is 28.7. The van der Waals surface area contributed by atoms with Gasteiger partial charge in [-0.3, -0.25) is 0 Å². The first kappa shape index (κ1) is 49.7. The number of para-hydroxylation sites is 2. The molecule has 0 atom stereocenters. The van der Waals surface area contributed by atoms with Crippen molar-refractivity contribution < 1.29 is 0 Å². The van der Waals surface area contributed by atoms with Gasteiger partial charge in [0.25, 0.3) is 0 Å². The van der Waals surface area contributed by atoms with Gasteiger partial charge in [0.2, 0.25) is 0 Å². The lowest BCUT2D eigenvalue weighted by molar-refractivity contribution is 0.594. The van der Waals surface area contributed by atoms with Crippen LogP contribution in [-0.4, -0.2) is 8.80 Å². The predicted octanol–water partition coefficient (Wildman–Crippen LogP) is 22.0. The van der Waals surface area contributed by atoms with Gasteiger partial charge < -0.3 is 18.6 Å². The molecule has 78 heavy (non-hydrogen) atoms. The monoisotopic (exact) mass is 1020 g/mol. The van der Waals surface area contributed by atoms with E-state index < -0.39 is 0 Å². The van der Waals surface area contributed by atoms with Crippen LogP contribution in [-0.2, 0) is 10.8 Å². The first-order chi connectivity index (χ1) is 37.3. The van der Waals surface area contributed by atoms with Crippen molar-refractivity contribution in [3.63, 3.8) is 0 Å². The van der Waals surface area contributed by atoms with Gasteiger partial charge in [0, 0.05) is 65.8 Å². The summed E-state index contributed by atoms with van der Waals surface area (Å²) in [7, 11) is 0. The second-order valence-corrected chi connectivity index (χ2v) is 25.8. The lowest BCUT2D eigenvalue weighted by atomic mass is 9.85. The highest BCUT2D eigenvalue weighted by Crippen LogP contribution is 2.53. The lowest BCUT2D eigenvalue weighted by Crippen LogP contribution is -2.12. The van der Waals surface area contributed by atoms with Crippen LogP contribution in [0.2, 0.25) is 0 Å². The third-order valence-electron chi connectivity index (χ3n) is 17.3. The van der Waals surface area contributed by atoms with Gasteiger partial charge in [-0.25, -0.2) is 0 Å². The number of fused-ring (bicyclic) bond motifs is 12. The Morgan fingerprint density at radius 3 is 1.01 bits per heavy atom. The average molecular weight is 1020 g/mol. The minimum absolute atomic E-state index is 0.122. The zero-order valence-electron chi connectivity index (χ0n) is 48.3. The van der Waals surface area contributed by atoms with E-state index in [2.05, 4.69) is 285 Å². The van der Waals surface area contributed by atoms with Crippen LogP contribution in [0.15, 0.2) is 170 Å². The van der Waals surface area contributed by atoms with Crippen molar-refractivity contribution in [2.45, 2.75) is 131 Å². The van der Waals surface area contributed by atoms with E-state index in [0.29, 0.717) is 23.7 Å². The highest BCUT2D eigenvalue weighted by molar-refractivity contribution is 6.32. The van der Waals surface area contributed by atoms with Gasteiger partial charge in [-0.2, -0.15) is 0 Å². The molecule has 13 aromatic rings. The van der Waals surface area contributed by atoms with Gasteiger partial charge in [-0.1, -0.05) is 194 Å². The zero-order chi connectivity index (χ0) is 54.4. The molecule has 0 aliphatic carbocycles. The summed E-state index contributed by atoms with van der Waals surface area (Å²) in [5.41, 5.74) is 22.4. The Morgan fingerprint density at radius 1 is 0.308 bits per heavy atom. The van der Waals surface area contributed by atoms with Crippen molar-refractivity contribution in [1.82, 2.24) is 8.80 Å². The minimum Gasteiger partial charge on any atom is -0.310 e. The van der Waals surface area contributed by atoms with E-state index in [1.165, 1.54) is 132 Å². The van der Waals surface area contributed by atoms with Crippen LogP contribution in [0.1, 0.15) is 154 Å². The van der Waals surface area contributed by atoms with E-state index >= 15 is 0 Å². The van der Waals surface area contributed by atoms with Crippen LogP contribution in [0.4, 0.5) is 34.1 Å². The Hall–Kier alpha value is -7.82. The van der Waals surface area contributed by atoms with E-state index in [4.69, 9.17) is 0 Å². The molecule has 9 aromatic carbocycles. The molecule has 0 amide bonds. The molecular weight excluding hydrogens is 945 g/mol. The molecule has 0 saturated heterocycles. The Morgan fingerprint density at radius 2 is 0.667 bits per heavy atom. The standard InChI is InChI=1S/C74H74N4/c1-43(2)47-27-31-51(32-28-47)75(53-21-15-19-49(39-53)45(5)6)63-37-35-55-59-41-66-60(42-65(59)77-69-57(67(63)71(55)77)23-17-25-61(69)73(9,10)11)56-36-38-64(68-58-24-18-26-62(74(12,13)14)70(58)78(66)72(56)68)76(52-33-29-48(30-34-52)44(3)4)54-22-16-20-50(40-54)46(7)8/h15-46H,1-14H3. The summed E-state index contributed by atoms with van der Waals surface area (Å²) >= 11 is 0. The number of anilines is 6. The molecule has 0 bridgehead atoms. The quantitative estimate of drug-likeness (QED) is 0.136. The second kappa shape index (κ2) is 17.9. The Labute approximate surface area is 461 Å². The van der Waals surface area contributed by atoms with Crippen molar-refractivity contribution in [2.75, 3.05) is 9.80 Å². The van der Waals surface area contributed by atoms with E-state index in [-0.39, 0.29) is 10.8 Å². The summed E-state index contributed by atoms with van der Waals surface area (Å²) < 4.78 is 5.32. The smallest absolute Gasteiger partial charge is 0.0641 e. The van der Waals surface area contributed by atoms with Gasteiger partial charge in [-0.05, 0) is 141 Å². The molecule has 4 aromatic heterocycles. The largest absolute Gasteiger partial charge is 0.310 e. The highest BCUT2D eigenvalue weighted by Gasteiger charge is 2.32. The number of hydrogen-bond donors (Lipinski definition) is 0. The molecule has 390 valence electrons. The Balaban J connectivity index is 1.16. The fraction of sp³-hybridized carbons (Fsp3) is 0.270. The van der Waals surface area contributed by atoms with Gasteiger partial charge in [0.05, 0.1) is 44.5 Å². The van der Waals surface area contributed by atoms with Crippen LogP contribution in [0, 0.1) is 0 Å². The Bertz CT molecular complexity index is 4160. The molecule has 4 heterocycles. The second-order valence-electron chi connectivity index (χ2n) is 25.8. The first-order valence-electron chi connectivity index (χ1n) is 28.7. The molecule has 0 unspecified atom stereocenters. The summed E-state index contributed by atoms with van der Waals surface area (Å²) in [5, 5.41) is 10.2. The van der Waals surface area contributed by atoms with Crippen LogP contribution >= 0.6 is 0 Å². The molecule has 13 rings (SSSR count). The number of benzene rings is 9. The number of nitrogens with zero attached hydrogens (tertiary/aromatic N) is 4. The fourth-order valence-electron chi connectivity index (χ4n) is 13.1. The van der Waals surface area contributed by atoms with Gasteiger partial charge in [-0.15, -0.1) is 0 Å². The average Bonchev–Trinajstić information content (AvgIpc) is 4.12. The summed E-state index contributed by atoms with van der Waals surface area (Å²) in [6, 6.07) is 65.9. The van der Waals surface area contributed by atoms with Gasteiger partial charge >= 0.3 is 0 Å². The van der Waals surface area contributed by atoms with Crippen LogP contribution in [0.25, 0.3) is 76.2 Å². The predicted molar refractivity (Wildman–Crippen MR) is 339 cm³/mol. The molecule has 0 N–H and O–H groups in total. The molecule has 4 heteroatoms. The van der Waals surface area contributed by atoms with E-state index in [1.807, 2.05) is 0 Å². The molecule has 0 radical (unpaired) electrons. The maximum atomic E-state index is 2.66. The minimum atomic E-state index is -0.122. The summed E-state index contributed by atoms with van der Waals surface area (Å²) in [5.74, 6) is 1.67. The molecule has 4 nitrogen and oxygen atoms in total. The SMILES string of the molecule is CC(C)c1ccc(N(c2cccc(C(C)C)c2)c2ccc3c4cc5c(cc4n4c6c(C(C)(C)C)cccc6c2c34)c2ccc(N(c3ccc(C(C)C)cc3)c3cccc(C(C)C)c3)c3c4cccc(C(C)(C)C)c4n5c23)cc1. The summed E-state index contributed by atoms with van der Waals surface area (Å²) in [6.45, 7) is 32.5. The molecule has 0 saturated carbocycles. The normalized spacial score (nSPS) is 12.9. The van der Waals surface area contributed by atoms with E-state index in [9.17, 15) is 0 Å². The van der Waals surface area contributed by atoms with E-state index in [0.717, 1.165) is 11.4 Å². The molecule has 0 spiro atoms. The lowest BCUT2D eigenvalue weighted by Gasteiger charge is -2.28. The molecular formula is C74H74N4. The third kappa shape index (κ3) is 7.53. The fourth-order valence-corrected chi connectivity index (χ4v) is 13.1. The number of aromatic nitrogens is 2. The van der Waals surface area contributed by atoms with Crippen LogP contribution in [0.5, 0.6) is 0 Å². The maximum absolute atomic E-state index is 2.66. The number of rotatable bonds is 10. The summed E-state index contributed by atoms with van der Waals surface area (Å²) in [4.78, 5) is 5.05. The maximum Gasteiger partial charge on any atom is 0.0641 e. The topological polar surface area (TPSA) is 15.3 Å². The van der Waals surface area contributed by atoms with Crippen molar-refractivity contribution in [1.29, 1.82) is 0 Å². The number of hydrogen-bond acceptors (Lipinski definition) is 2. The Kier molecular flexibility index (Phi) is 11.4. The molecule has 0 aliphatic rings. The van der Waals surface area contributed by atoms with Crippen molar-refractivity contribution in [3.8, 4) is 0 Å². The third-order valence-corrected chi connectivity index (χ3v) is 17.3. The van der Waals surface area contributed by atoms with Crippen molar-refractivity contribution in [3.05, 3.63) is 203 Å². The van der Waals surface area contributed by atoms with Gasteiger partial charge in [0.15, 0.2) is 0 Å². The van der Waals surface area contributed by atoms with E-state index in [1.54, 1.807) is 0 Å². The van der Waals surface area contributed by atoms with Crippen molar-refractivity contribution in [2.24, 2.45) is 0 Å². The van der Waals surface area contributed by atoms with Crippen LogP contribution < -0.4 is 9.80 Å². The zero-order valence-corrected chi connectivity index (χ0v) is 48.3. The van der Waals surface area contributed by atoms with Gasteiger partial charge in [0.1, 0.15) is 0 Å². The van der Waals surface area contributed by atoms with Crippen LogP contribution in [0.3, 0.4) is 0 Å². The molecule has 0 fully saturated rings. The highest BCUT2D eigenvalue weighted by atomic mass is 15.2. The summed E-state index contributed by atoms with van der Waals surface area (Å²) in [6.07, 6.45) is 0. The van der Waals surface area contributed by atoms with Crippen molar-refractivity contribution >= 4 is 110 Å². The molecule has 0 aliphatic heterocycles.